The minimum Gasteiger partial charge on any atom is -0.463 e. The number of carbonyl (C=O) groups is 5. The summed E-state index contributed by atoms with van der Waals surface area (Å²) in [7, 11) is 0. The van der Waals surface area contributed by atoms with E-state index in [4.69, 9.17) is 28.4 Å². The molecule has 1 heterocycles. The summed E-state index contributed by atoms with van der Waals surface area (Å²) in [5, 5.41) is 5.22. The molecule has 210 valence electrons. The average Bonchev–Trinajstić information content (AvgIpc) is 2.84. The van der Waals surface area contributed by atoms with E-state index in [1.807, 2.05) is 30.3 Å². The van der Waals surface area contributed by atoms with Crippen LogP contribution in [0.25, 0.3) is 0 Å². The molecule has 0 radical (unpaired) electrons. The highest BCUT2D eigenvalue weighted by Crippen LogP contribution is 2.28. The van der Waals surface area contributed by atoms with Crippen LogP contribution in [0.1, 0.15) is 39.7 Å². The lowest BCUT2D eigenvalue weighted by molar-refractivity contribution is -0.277. The average molecular weight is 539 g/mol. The van der Waals surface area contributed by atoms with Gasteiger partial charge in [-0.1, -0.05) is 30.3 Å². The molecule has 1 aliphatic heterocycles. The molecule has 1 aromatic rings. The maximum absolute atomic E-state index is 11.9. The predicted octanol–water partition coefficient (Wildman–Crippen LogP) is 0.976. The van der Waals surface area contributed by atoms with Crippen LogP contribution in [0.4, 0.5) is 4.79 Å². The van der Waals surface area contributed by atoms with E-state index in [0.717, 1.165) is 19.4 Å². The molecule has 13 nitrogen and oxygen atoms in total. The van der Waals surface area contributed by atoms with E-state index < -0.39 is 60.6 Å². The third-order valence-corrected chi connectivity index (χ3v) is 5.16. The Morgan fingerprint density at radius 1 is 0.868 bits per heavy atom. The number of hydrogen-bond donors (Lipinski definition) is 2. The van der Waals surface area contributed by atoms with Gasteiger partial charge in [-0.15, -0.1) is 0 Å². The first-order chi connectivity index (χ1) is 18.1. The van der Waals surface area contributed by atoms with Crippen molar-refractivity contribution in [3.05, 3.63) is 35.9 Å². The van der Waals surface area contributed by atoms with Crippen LogP contribution in [0.15, 0.2) is 30.3 Å². The van der Waals surface area contributed by atoms with Gasteiger partial charge in [-0.05, 0) is 12.0 Å². The molecule has 0 saturated carbocycles. The van der Waals surface area contributed by atoms with E-state index in [-0.39, 0.29) is 26.4 Å². The fraction of sp³-hybridized carbons (Fsp3) is 0.560. The van der Waals surface area contributed by atoms with E-state index in [1.54, 1.807) is 0 Å². The Morgan fingerprint density at radius 2 is 1.53 bits per heavy atom. The van der Waals surface area contributed by atoms with Gasteiger partial charge in [0.25, 0.3) is 0 Å². The summed E-state index contributed by atoms with van der Waals surface area (Å²) in [5.74, 6) is -2.49. The smallest absolute Gasteiger partial charge is 0.407 e. The molecule has 2 rings (SSSR count). The van der Waals surface area contributed by atoms with Gasteiger partial charge >= 0.3 is 24.0 Å². The van der Waals surface area contributed by atoms with E-state index >= 15 is 0 Å². The van der Waals surface area contributed by atoms with Crippen molar-refractivity contribution < 1.29 is 52.4 Å². The Morgan fingerprint density at radius 3 is 2.13 bits per heavy atom. The molecule has 1 fully saturated rings. The lowest BCUT2D eigenvalue weighted by Crippen LogP contribution is -2.66. The molecule has 5 atom stereocenters. The molecule has 2 N–H and O–H groups in total. The first-order valence-corrected chi connectivity index (χ1v) is 12.0. The number of hydrogen-bond acceptors (Lipinski definition) is 11. The van der Waals surface area contributed by atoms with Crippen molar-refractivity contribution >= 4 is 29.9 Å². The van der Waals surface area contributed by atoms with Crippen molar-refractivity contribution in [1.82, 2.24) is 10.6 Å². The highest BCUT2D eigenvalue weighted by atomic mass is 16.7. The van der Waals surface area contributed by atoms with Gasteiger partial charge < -0.3 is 39.1 Å². The zero-order chi connectivity index (χ0) is 28.1. The summed E-state index contributed by atoms with van der Waals surface area (Å²) in [6.45, 7) is 4.83. The molecule has 1 aliphatic rings. The second-order valence-electron chi connectivity index (χ2n) is 8.43. The minimum absolute atomic E-state index is 0.0605. The van der Waals surface area contributed by atoms with Crippen molar-refractivity contribution in [3.8, 4) is 0 Å². The van der Waals surface area contributed by atoms with Crippen LogP contribution in [0.2, 0.25) is 0 Å². The molecule has 1 saturated heterocycles. The number of alkyl carbamates (subject to hydrolysis) is 1. The molecule has 2 amide bonds. The molecule has 13 heteroatoms. The van der Waals surface area contributed by atoms with Crippen molar-refractivity contribution in [3.63, 3.8) is 0 Å². The summed E-state index contributed by atoms with van der Waals surface area (Å²) >= 11 is 0. The topological polar surface area (TPSA) is 165 Å². The molecule has 0 bridgehead atoms. The fourth-order valence-electron chi connectivity index (χ4n) is 3.67. The largest absolute Gasteiger partial charge is 0.463 e. The van der Waals surface area contributed by atoms with Gasteiger partial charge in [-0.3, -0.25) is 19.2 Å². The number of nitrogens with one attached hydrogen (secondary N) is 2. The molecule has 0 aliphatic carbocycles. The van der Waals surface area contributed by atoms with E-state index in [1.165, 1.54) is 13.8 Å². The van der Waals surface area contributed by atoms with Gasteiger partial charge in [0.05, 0.1) is 6.61 Å². The zero-order valence-corrected chi connectivity index (χ0v) is 21.8. The summed E-state index contributed by atoms with van der Waals surface area (Å²) in [5.41, 5.74) is 0.849. The zero-order valence-electron chi connectivity index (χ0n) is 21.8. The maximum atomic E-state index is 11.9. The number of rotatable bonds is 12. The molecule has 38 heavy (non-hydrogen) atoms. The van der Waals surface area contributed by atoms with E-state index in [2.05, 4.69) is 10.6 Å². The van der Waals surface area contributed by atoms with Crippen molar-refractivity contribution in [2.45, 2.75) is 71.4 Å². The van der Waals surface area contributed by atoms with Crippen molar-refractivity contribution in [2.75, 3.05) is 19.8 Å². The first-order valence-electron chi connectivity index (χ1n) is 12.0. The number of ether oxygens (including phenoxy) is 6. The third kappa shape index (κ3) is 10.7. The van der Waals surface area contributed by atoms with Crippen LogP contribution >= 0.6 is 0 Å². The summed E-state index contributed by atoms with van der Waals surface area (Å²) in [6, 6.07) is 8.15. The van der Waals surface area contributed by atoms with Gasteiger partial charge in [-0.2, -0.15) is 0 Å². The molecular formula is C25H34N2O11. The SMILES string of the molecule is CC(=O)NC1C(OCCCNC(=O)OCc2ccccc2)OC(COC(C)=O)C(OC(C)=O)C1OC(C)=O. The maximum Gasteiger partial charge on any atom is 0.407 e. The number of benzene rings is 1. The Hall–Kier alpha value is -3.71. The van der Waals surface area contributed by atoms with Crippen LogP contribution < -0.4 is 10.6 Å². The molecular weight excluding hydrogens is 504 g/mol. The van der Waals surface area contributed by atoms with Crippen LogP contribution in [-0.4, -0.2) is 80.3 Å². The highest BCUT2D eigenvalue weighted by Gasteiger charge is 2.51. The van der Waals surface area contributed by atoms with Crippen LogP contribution in [0.3, 0.4) is 0 Å². The second-order valence-corrected chi connectivity index (χ2v) is 8.43. The quantitative estimate of drug-likeness (QED) is 0.221. The molecule has 0 spiro atoms. The summed E-state index contributed by atoms with van der Waals surface area (Å²) < 4.78 is 32.6. The normalized spacial score (nSPS) is 22.5. The van der Waals surface area contributed by atoms with Crippen LogP contribution in [-0.2, 0) is 54.2 Å². The second kappa shape index (κ2) is 15.5. The standard InChI is InChI=1S/C25H34N2O11/c1-15(28)27-21-23(37-18(4)31)22(36-17(3)30)20(14-34-16(2)29)38-24(21)33-12-8-11-26-25(32)35-13-19-9-6-5-7-10-19/h5-7,9-10,20-24H,8,11-14H2,1-4H3,(H,26,32)(H,27,28). The van der Waals surface area contributed by atoms with Crippen molar-refractivity contribution in [1.29, 1.82) is 0 Å². The summed E-state index contributed by atoms with van der Waals surface area (Å²) in [6.07, 6.45) is -4.89. The Labute approximate surface area is 220 Å². The Kier molecular flexibility index (Phi) is 12.5. The van der Waals surface area contributed by atoms with Gasteiger partial charge in [0.15, 0.2) is 18.5 Å². The van der Waals surface area contributed by atoms with Crippen LogP contribution in [0, 0.1) is 0 Å². The Bertz CT molecular complexity index is 956. The van der Waals surface area contributed by atoms with E-state index in [9.17, 15) is 24.0 Å². The number of carbonyl (C=O) groups excluding carboxylic acids is 5. The number of esters is 3. The van der Waals surface area contributed by atoms with Gasteiger partial charge in [0, 0.05) is 34.2 Å². The highest BCUT2D eigenvalue weighted by molar-refractivity contribution is 5.73. The van der Waals surface area contributed by atoms with Gasteiger partial charge in [-0.25, -0.2) is 4.79 Å². The summed E-state index contributed by atoms with van der Waals surface area (Å²) in [4.78, 5) is 58.9. The monoisotopic (exact) mass is 538 g/mol. The predicted molar refractivity (Wildman–Crippen MR) is 129 cm³/mol. The van der Waals surface area contributed by atoms with Crippen LogP contribution in [0.5, 0.6) is 0 Å². The molecule has 0 aromatic heterocycles. The lowest BCUT2D eigenvalue weighted by atomic mass is 9.96. The molecule has 1 aromatic carbocycles. The van der Waals surface area contributed by atoms with E-state index in [0.29, 0.717) is 6.42 Å². The minimum atomic E-state index is -1.20. The third-order valence-electron chi connectivity index (χ3n) is 5.16. The first kappa shape index (κ1) is 30.5. The fourth-order valence-corrected chi connectivity index (χ4v) is 3.67. The van der Waals surface area contributed by atoms with Crippen molar-refractivity contribution in [2.24, 2.45) is 0 Å². The number of amides is 2. The van der Waals surface area contributed by atoms with Gasteiger partial charge in [0.2, 0.25) is 5.91 Å². The van der Waals surface area contributed by atoms with Gasteiger partial charge in [0.1, 0.15) is 25.4 Å². The lowest BCUT2D eigenvalue weighted by Gasteiger charge is -2.44. The molecule has 5 unspecified atom stereocenters. The Balaban J connectivity index is 2.01.